The molecule has 0 aromatic carbocycles. The lowest BCUT2D eigenvalue weighted by Crippen LogP contribution is -2.30. The third-order valence-corrected chi connectivity index (χ3v) is 4.41. The highest BCUT2D eigenvalue weighted by atomic mass is 19.4. The van der Waals surface area contributed by atoms with E-state index in [2.05, 4.69) is 0 Å². The van der Waals surface area contributed by atoms with E-state index in [-0.39, 0.29) is 12.2 Å². The maximum atomic E-state index is 12.6. The number of halogens is 3. The molecule has 0 heterocycles. The van der Waals surface area contributed by atoms with E-state index < -0.39 is 29.2 Å². The zero-order valence-electron chi connectivity index (χ0n) is 12.9. The molecule has 0 bridgehead atoms. The fourth-order valence-corrected chi connectivity index (χ4v) is 1.91. The van der Waals surface area contributed by atoms with Crippen molar-refractivity contribution in [1.29, 1.82) is 0 Å². The summed E-state index contributed by atoms with van der Waals surface area (Å²) in [5.74, 6) is -0.794. The predicted octanol–water partition coefficient (Wildman–Crippen LogP) is 5.19. The van der Waals surface area contributed by atoms with Crippen LogP contribution in [0.15, 0.2) is 11.8 Å². The fraction of sp³-hybridized carbons (Fsp3) is 0.800. The van der Waals surface area contributed by atoms with Gasteiger partial charge in [0.1, 0.15) is 5.76 Å². The molecule has 0 saturated heterocycles. The topological polar surface area (TPSA) is 37.3 Å². The second-order valence-corrected chi connectivity index (χ2v) is 5.87. The Hall–Kier alpha value is -1.00. The molecule has 0 amide bonds. The summed E-state index contributed by atoms with van der Waals surface area (Å²) in [4.78, 5) is 12.1. The highest BCUT2D eigenvalue weighted by molar-refractivity contribution is 5.94. The number of carbonyl (C=O) groups excluding carboxylic acids is 1. The van der Waals surface area contributed by atoms with E-state index in [1.807, 2.05) is 13.8 Å². The molecule has 2 nitrogen and oxygen atoms in total. The molecule has 0 radical (unpaired) electrons. The monoisotopic (exact) mass is 294 g/mol. The lowest BCUT2D eigenvalue weighted by Gasteiger charge is -2.30. The number of aliphatic hydroxyl groups is 1. The van der Waals surface area contributed by atoms with Gasteiger partial charge in [-0.3, -0.25) is 4.79 Å². The molecule has 0 aliphatic carbocycles. The van der Waals surface area contributed by atoms with Crippen LogP contribution in [0, 0.1) is 10.8 Å². The maximum Gasteiger partial charge on any atom is 0.390 e. The molecule has 1 N–H and O–H groups in total. The second-order valence-electron chi connectivity index (χ2n) is 5.87. The van der Waals surface area contributed by atoms with E-state index in [0.29, 0.717) is 12.8 Å². The first-order valence-corrected chi connectivity index (χ1v) is 6.96. The number of allylic oxidation sites excluding steroid dienone is 2. The molecule has 20 heavy (non-hydrogen) atoms. The lowest BCUT2D eigenvalue weighted by molar-refractivity contribution is -0.156. The Bertz CT molecular complexity index is 368. The van der Waals surface area contributed by atoms with Gasteiger partial charge in [0.25, 0.3) is 0 Å². The van der Waals surface area contributed by atoms with Crippen LogP contribution in [0.3, 0.4) is 0 Å². The van der Waals surface area contributed by atoms with E-state index in [1.165, 1.54) is 6.92 Å². The molecule has 0 spiro atoms. The van der Waals surface area contributed by atoms with Crippen molar-refractivity contribution in [2.45, 2.75) is 66.5 Å². The first-order valence-electron chi connectivity index (χ1n) is 6.96. The van der Waals surface area contributed by atoms with E-state index in [4.69, 9.17) is 0 Å². The third kappa shape index (κ3) is 4.84. The Kier molecular flexibility index (Phi) is 6.30. The van der Waals surface area contributed by atoms with Crippen LogP contribution >= 0.6 is 0 Å². The van der Waals surface area contributed by atoms with E-state index in [9.17, 15) is 23.1 Å². The summed E-state index contributed by atoms with van der Waals surface area (Å²) in [7, 11) is 0. The quantitative estimate of drug-likeness (QED) is 0.518. The number of alkyl halides is 3. The van der Waals surface area contributed by atoms with Crippen LogP contribution in [-0.2, 0) is 4.79 Å². The standard InChI is InChI=1S/C15H25F3O2/c1-6-13(4,7-2)11(19)9-12(20)14(5,8-3)10-15(16,17)18/h9,20H,6-8,10H2,1-5H3/b12-9-. The minimum Gasteiger partial charge on any atom is -0.512 e. The summed E-state index contributed by atoms with van der Waals surface area (Å²) in [6, 6.07) is 0. The van der Waals surface area contributed by atoms with Gasteiger partial charge in [-0.1, -0.05) is 34.6 Å². The molecule has 0 rings (SSSR count). The van der Waals surface area contributed by atoms with Crippen molar-refractivity contribution in [2.24, 2.45) is 10.8 Å². The molecule has 118 valence electrons. The number of ketones is 1. The Labute approximate surface area is 119 Å². The van der Waals surface area contributed by atoms with E-state index >= 15 is 0 Å². The lowest BCUT2D eigenvalue weighted by atomic mass is 9.77. The smallest absolute Gasteiger partial charge is 0.390 e. The van der Waals surface area contributed by atoms with Gasteiger partial charge in [-0.2, -0.15) is 13.2 Å². The zero-order valence-corrected chi connectivity index (χ0v) is 12.9. The van der Waals surface area contributed by atoms with Gasteiger partial charge in [0.2, 0.25) is 0 Å². The average molecular weight is 294 g/mol. The van der Waals surface area contributed by atoms with Crippen molar-refractivity contribution in [2.75, 3.05) is 0 Å². The molecule has 1 atom stereocenters. The van der Waals surface area contributed by atoms with Crippen LogP contribution in [-0.4, -0.2) is 17.1 Å². The summed E-state index contributed by atoms with van der Waals surface area (Å²) in [6.45, 7) is 8.35. The van der Waals surface area contributed by atoms with Crippen molar-refractivity contribution >= 4 is 5.78 Å². The Morgan fingerprint density at radius 3 is 1.70 bits per heavy atom. The van der Waals surface area contributed by atoms with Crippen LogP contribution in [0.25, 0.3) is 0 Å². The summed E-state index contributed by atoms with van der Waals surface area (Å²) in [5, 5.41) is 10.00. The van der Waals surface area contributed by atoms with Gasteiger partial charge >= 0.3 is 6.18 Å². The molecule has 1 unspecified atom stereocenters. The fourth-order valence-electron chi connectivity index (χ4n) is 1.91. The minimum atomic E-state index is -4.38. The number of carbonyl (C=O) groups is 1. The van der Waals surface area contributed by atoms with E-state index in [1.54, 1.807) is 13.8 Å². The molecule has 0 aromatic rings. The zero-order chi connectivity index (χ0) is 16.2. The van der Waals surface area contributed by atoms with Crippen LogP contribution < -0.4 is 0 Å². The normalized spacial score (nSPS) is 16.9. The van der Waals surface area contributed by atoms with Crippen LogP contribution in [0.1, 0.15) is 60.3 Å². The van der Waals surface area contributed by atoms with Crippen LogP contribution in [0.5, 0.6) is 0 Å². The Morgan fingerprint density at radius 2 is 1.40 bits per heavy atom. The predicted molar refractivity (Wildman–Crippen MR) is 73.5 cm³/mol. The van der Waals surface area contributed by atoms with Gasteiger partial charge in [0.05, 0.1) is 6.42 Å². The van der Waals surface area contributed by atoms with Crippen molar-refractivity contribution in [3.8, 4) is 0 Å². The number of aliphatic hydroxyl groups excluding tert-OH is 1. The highest BCUT2D eigenvalue weighted by Gasteiger charge is 2.41. The molecule has 0 saturated carbocycles. The molecule has 0 aromatic heterocycles. The van der Waals surface area contributed by atoms with Crippen molar-refractivity contribution < 1.29 is 23.1 Å². The first kappa shape index (κ1) is 19.0. The van der Waals surface area contributed by atoms with Crippen molar-refractivity contribution in [1.82, 2.24) is 0 Å². The third-order valence-electron chi connectivity index (χ3n) is 4.41. The minimum absolute atomic E-state index is 0.108. The molecule has 0 aliphatic rings. The first-order chi connectivity index (χ1) is 8.94. The van der Waals surface area contributed by atoms with Crippen LogP contribution in [0.4, 0.5) is 13.2 Å². The average Bonchev–Trinajstić information content (AvgIpc) is 2.35. The van der Waals surface area contributed by atoms with Gasteiger partial charge in [-0.25, -0.2) is 0 Å². The van der Waals surface area contributed by atoms with Crippen LogP contribution in [0.2, 0.25) is 0 Å². The van der Waals surface area contributed by atoms with Gasteiger partial charge in [0.15, 0.2) is 5.78 Å². The number of hydrogen-bond acceptors (Lipinski definition) is 2. The Balaban J connectivity index is 5.34. The Morgan fingerprint density at radius 1 is 1.00 bits per heavy atom. The summed E-state index contributed by atoms with van der Waals surface area (Å²) >= 11 is 0. The summed E-state index contributed by atoms with van der Waals surface area (Å²) in [5.41, 5.74) is -2.09. The van der Waals surface area contributed by atoms with Gasteiger partial charge in [-0.15, -0.1) is 0 Å². The van der Waals surface area contributed by atoms with Crippen molar-refractivity contribution in [3.63, 3.8) is 0 Å². The second kappa shape index (κ2) is 6.64. The number of rotatable bonds is 7. The summed E-state index contributed by atoms with van der Waals surface area (Å²) in [6.07, 6.45) is -3.27. The van der Waals surface area contributed by atoms with Crippen molar-refractivity contribution in [3.05, 3.63) is 11.8 Å². The maximum absolute atomic E-state index is 12.6. The molecule has 0 aliphatic heterocycles. The van der Waals surface area contributed by atoms with E-state index in [0.717, 1.165) is 6.08 Å². The molecule has 0 fully saturated rings. The van der Waals surface area contributed by atoms with Gasteiger partial charge in [-0.05, 0) is 19.3 Å². The largest absolute Gasteiger partial charge is 0.512 e. The molecule has 5 heteroatoms. The molecular weight excluding hydrogens is 269 g/mol. The van der Waals surface area contributed by atoms with Gasteiger partial charge in [0, 0.05) is 16.9 Å². The van der Waals surface area contributed by atoms with Gasteiger partial charge < -0.3 is 5.11 Å². The SMILES string of the molecule is CCC(C)(CC)C(=O)/C=C(\O)C(C)(CC)CC(F)(F)F. The highest BCUT2D eigenvalue weighted by Crippen LogP contribution is 2.41. The molecular formula is C15H25F3O2. The summed E-state index contributed by atoms with van der Waals surface area (Å²) < 4.78 is 37.7. The number of hydrogen-bond donors (Lipinski definition) is 1.